The van der Waals surface area contributed by atoms with E-state index in [9.17, 15) is 13.2 Å². The van der Waals surface area contributed by atoms with Crippen LogP contribution in [0.3, 0.4) is 0 Å². The highest BCUT2D eigenvalue weighted by Crippen LogP contribution is 2.24. The second-order valence-corrected chi connectivity index (χ2v) is 9.61. The summed E-state index contributed by atoms with van der Waals surface area (Å²) >= 11 is 0. The first-order valence-electron chi connectivity index (χ1n) is 9.92. The van der Waals surface area contributed by atoms with Gasteiger partial charge in [0.1, 0.15) is 5.75 Å². The molecule has 1 N–H and O–H groups in total. The number of amides is 1. The molecule has 7 nitrogen and oxygen atoms in total. The molecular formula is C22H29N3O4S. The van der Waals surface area contributed by atoms with E-state index in [2.05, 4.69) is 17.4 Å². The molecule has 1 fully saturated rings. The van der Waals surface area contributed by atoms with Gasteiger partial charge in [0.25, 0.3) is 10.2 Å². The number of nitrogens with zero attached hydrogens (tertiary/aromatic N) is 2. The van der Waals surface area contributed by atoms with Gasteiger partial charge in [0, 0.05) is 26.2 Å². The number of aryl methyl sites for hydroxylation is 3. The summed E-state index contributed by atoms with van der Waals surface area (Å²) in [6.45, 7) is 7.20. The topological polar surface area (TPSA) is 79.0 Å². The quantitative estimate of drug-likeness (QED) is 0.730. The van der Waals surface area contributed by atoms with Gasteiger partial charge in [-0.1, -0.05) is 29.8 Å². The van der Waals surface area contributed by atoms with E-state index in [1.54, 1.807) is 7.11 Å². The van der Waals surface area contributed by atoms with Crippen molar-refractivity contribution >= 4 is 16.1 Å². The lowest BCUT2D eigenvalue weighted by atomic mass is 10.00. The average Bonchev–Trinajstić information content (AvgIpc) is 2.96. The summed E-state index contributed by atoms with van der Waals surface area (Å²) in [5.74, 6) is 0.423. The zero-order valence-corrected chi connectivity index (χ0v) is 18.8. The minimum Gasteiger partial charge on any atom is -0.497 e. The molecule has 1 heterocycles. The first-order chi connectivity index (χ1) is 14.2. The molecule has 1 amide bonds. The summed E-state index contributed by atoms with van der Waals surface area (Å²) in [6, 6.07) is 11.5. The lowest BCUT2D eigenvalue weighted by Crippen LogP contribution is -2.40. The molecule has 0 spiro atoms. The molecule has 2 aromatic rings. The Kier molecular flexibility index (Phi) is 6.80. The standard InChI is InChI=1S/C22H29N3O4S/c1-16-11-17(2)21(18(3)12-16)14-24-9-10-25(30(24,27)28)15-22(26)23-13-19-5-7-20(29-4)8-6-19/h5-8,11-12H,9-10,13-15H2,1-4H3,(H,23,26). The minimum absolute atomic E-state index is 0.180. The van der Waals surface area contributed by atoms with Gasteiger partial charge in [-0.15, -0.1) is 0 Å². The SMILES string of the molecule is COc1ccc(CNC(=O)CN2CCN(Cc3c(C)cc(C)cc3C)S2(=O)=O)cc1. The largest absolute Gasteiger partial charge is 0.497 e. The summed E-state index contributed by atoms with van der Waals surface area (Å²) in [7, 11) is -2.07. The Morgan fingerprint density at radius 3 is 2.23 bits per heavy atom. The number of methoxy groups -OCH3 is 1. The highest BCUT2D eigenvalue weighted by molar-refractivity contribution is 7.87. The van der Waals surface area contributed by atoms with E-state index in [1.165, 1.54) is 8.61 Å². The third-order valence-electron chi connectivity index (χ3n) is 5.39. The third kappa shape index (κ3) is 5.00. The maximum Gasteiger partial charge on any atom is 0.282 e. The number of hydrogen-bond acceptors (Lipinski definition) is 4. The van der Waals surface area contributed by atoms with Gasteiger partial charge in [-0.2, -0.15) is 17.0 Å². The number of benzene rings is 2. The molecule has 1 aliphatic heterocycles. The Bertz CT molecular complexity index is 996. The van der Waals surface area contributed by atoms with Gasteiger partial charge in [0.2, 0.25) is 5.91 Å². The molecule has 2 aromatic carbocycles. The first-order valence-corrected chi connectivity index (χ1v) is 11.3. The first kappa shape index (κ1) is 22.3. The fourth-order valence-corrected chi connectivity index (χ4v) is 5.26. The second-order valence-electron chi connectivity index (χ2n) is 7.68. The molecule has 1 aliphatic rings. The van der Waals surface area contributed by atoms with Crippen molar-refractivity contribution in [2.24, 2.45) is 0 Å². The van der Waals surface area contributed by atoms with Crippen LogP contribution in [0.5, 0.6) is 5.75 Å². The van der Waals surface area contributed by atoms with Gasteiger partial charge in [0.05, 0.1) is 13.7 Å². The van der Waals surface area contributed by atoms with Crippen LogP contribution in [0.25, 0.3) is 0 Å². The van der Waals surface area contributed by atoms with E-state index in [0.29, 0.717) is 26.2 Å². The van der Waals surface area contributed by atoms with E-state index in [1.807, 2.05) is 45.0 Å². The maximum atomic E-state index is 12.9. The molecule has 0 unspecified atom stereocenters. The highest BCUT2D eigenvalue weighted by atomic mass is 32.2. The molecule has 0 bridgehead atoms. The molecular weight excluding hydrogens is 402 g/mol. The van der Waals surface area contributed by atoms with Crippen LogP contribution in [0, 0.1) is 20.8 Å². The fraction of sp³-hybridized carbons (Fsp3) is 0.409. The maximum absolute atomic E-state index is 12.9. The van der Waals surface area contributed by atoms with Crippen LogP contribution in [0.4, 0.5) is 0 Å². The molecule has 1 saturated heterocycles. The lowest BCUT2D eigenvalue weighted by Gasteiger charge is -2.20. The van der Waals surface area contributed by atoms with Crippen molar-refractivity contribution in [3.8, 4) is 5.75 Å². The monoisotopic (exact) mass is 431 g/mol. The smallest absolute Gasteiger partial charge is 0.282 e. The zero-order valence-electron chi connectivity index (χ0n) is 17.9. The van der Waals surface area contributed by atoms with E-state index in [-0.39, 0.29) is 12.5 Å². The van der Waals surface area contributed by atoms with Gasteiger partial charge in [-0.05, 0) is 55.2 Å². The Balaban J connectivity index is 1.59. The van der Waals surface area contributed by atoms with Crippen LogP contribution in [-0.4, -0.2) is 49.7 Å². The molecule has 0 aliphatic carbocycles. The van der Waals surface area contributed by atoms with E-state index < -0.39 is 10.2 Å². The molecule has 0 radical (unpaired) electrons. The van der Waals surface area contributed by atoms with Crippen molar-refractivity contribution < 1.29 is 17.9 Å². The van der Waals surface area contributed by atoms with Crippen molar-refractivity contribution in [1.82, 2.24) is 13.9 Å². The number of rotatable bonds is 7. The normalized spacial score (nSPS) is 16.5. The Labute approximate surface area is 178 Å². The Hall–Kier alpha value is -2.42. The van der Waals surface area contributed by atoms with Crippen molar-refractivity contribution in [2.75, 3.05) is 26.7 Å². The number of ether oxygens (including phenoxy) is 1. The van der Waals surface area contributed by atoms with E-state index in [4.69, 9.17) is 4.74 Å². The van der Waals surface area contributed by atoms with Crippen molar-refractivity contribution in [1.29, 1.82) is 0 Å². The summed E-state index contributed by atoms with van der Waals surface area (Å²) in [5, 5.41) is 2.79. The predicted octanol–water partition coefficient (Wildman–Crippen LogP) is 2.30. The molecule has 30 heavy (non-hydrogen) atoms. The van der Waals surface area contributed by atoms with Crippen molar-refractivity contribution in [3.05, 3.63) is 64.2 Å². The Morgan fingerprint density at radius 1 is 1.03 bits per heavy atom. The van der Waals surface area contributed by atoms with Crippen LogP contribution >= 0.6 is 0 Å². The van der Waals surface area contributed by atoms with Crippen molar-refractivity contribution in [2.45, 2.75) is 33.9 Å². The Morgan fingerprint density at radius 2 is 1.63 bits per heavy atom. The third-order valence-corrected chi connectivity index (χ3v) is 7.32. The average molecular weight is 432 g/mol. The second kappa shape index (κ2) is 9.16. The number of hydrogen-bond donors (Lipinski definition) is 1. The van der Waals surface area contributed by atoms with Gasteiger partial charge < -0.3 is 10.1 Å². The predicted molar refractivity (Wildman–Crippen MR) is 116 cm³/mol. The van der Waals surface area contributed by atoms with Crippen LogP contribution in [-0.2, 0) is 28.1 Å². The molecule has 8 heteroatoms. The van der Waals surface area contributed by atoms with E-state index in [0.717, 1.165) is 33.6 Å². The molecule has 0 aromatic heterocycles. The van der Waals surface area contributed by atoms with Crippen LogP contribution in [0.1, 0.15) is 27.8 Å². The van der Waals surface area contributed by atoms with E-state index >= 15 is 0 Å². The zero-order chi connectivity index (χ0) is 21.9. The number of carbonyl (C=O) groups is 1. The summed E-state index contributed by atoms with van der Waals surface area (Å²) in [5.41, 5.74) is 5.26. The minimum atomic E-state index is -3.67. The van der Waals surface area contributed by atoms with Gasteiger partial charge in [-0.25, -0.2) is 0 Å². The molecule has 162 valence electrons. The summed E-state index contributed by atoms with van der Waals surface area (Å²) in [6.07, 6.45) is 0. The number of nitrogens with one attached hydrogen (secondary N) is 1. The highest BCUT2D eigenvalue weighted by Gasteiger charge is 2.37. The van der Waals surface area contributed by atoms with Gasteiger partial charge >= 0.3 is 0 Å². The van der Waals surface area contributed by atoms with Gasteiger partial charge in [-0.3, -0.25) is 4.79 Å². The number of carbonyl (C=O) groups excluding carboxylic acids is 1. The van der Waals surface area contributed by atoms with Crippen LogP contribution in [0.15, 0.2) is 36.4 Å². The van der Waals surface area contributed by atoms with Crippen LogP contribution < -0.4 is 10.1 Å². The summed E-state index contributed by atoms with van der Waals surface area (Å²) in [4.78, 5) is 12.3. The summed E-state index contributed by atoms with van der Waals surface area (Å²) < 4.78 is 33.7. The fourth-order valence-electron chi connectivity index (χ4n) is 3.73. The van der Waals surface area contributed by atoms with Gasteiger partial charge in [0.15, 0.2) is 0 Å². The van der Waals surface area contributed by atoms with Crippen molar-refractivity contribution in [3.63, 3.8) is 0 Å². The molecule has 0 saturated carbocycles. The molecule has 0 atom stereocenters. The van der Waals surface area contributed by atoms with Crippen LogP contribution in [0.2, 0.25) is 0 Å². The lowest BCUT2D eigenvalue weighted by molar-refractivity contribution is -0.121. The molecule has 3 rings (SSSR count).